The molecule has 3 heteroatoms. The third-order valence-corrected chi connectivity index (χ3v) is 3.31. The monoisotopic (exact) mass is 238 g/mol. The van der Waals surface area contributed by atoms with Gasteiger partial charge >= 0.3 is 0 Å². The average molecular weight is 238 g/mol. The maximum atomic E-state index is 12.3. The molecular formula is C15H14N2O. The Balaban J connectivity index is 2.26. The Labute approximate surface area is 106 Å². The van der Waals surface area contributed by atoms with Crippen LogP contribution in [0.5, 0.6) is 0 Å². The lowest BCUT2D eigenvalue weighted by atomic mass is 10.0. The molecule has 1 heterocycles. The van der Waals surface area contributed by atoms with Crippen LogP contribution in [0.1, 0.15) is 15.9 Å². The summed E-state index contributed by atoms with van der Waals surface area (Å²) in [7, 11) is 0. The SMILES string of the molecule is NCN1c2ccccc2CC(=O)c2ccccc21. The molecule has 0 spiro atoms. The first-order valence-corrected chi connectivity index (χ1v) is 5.99. The highest BCUT2D eigenvalue weighted by molar-refractivity contribution is 6.05. The lowest BCUT2D eigenvalue weighted by Gasteiger charge is -2.24. The van der Waals surface area contributed by atoms with Crippen LogP contribution >= 0.6 is 0 Å². The molecule has 0 saturated heterocycles. The second kappa shape index (κ2) is 4.27. The molecule has 0 bridgehead atoms. The van der Waals surface area contributed by atoms with Gasteiger partial charge in [-0.1, -0.05) is 30.3 Å². The standard InChI is InChI=1S/C15H14N2O/c16-10-17-13-7-3-1-5-11(13)9-15(18)12-6-2-4-8-14(12)17/h1-8H,9-10,16H2. The average Bonchev–Trinajstić information content (AvgIpc) is 2.53. The van der Waals surface area contributed by atoms with Gasteiger partial charge in [0.05, 0.1) is 12.4 Å². The van der Waals surface area contributed by atoms with Gasteiger partial charge < -0.3 is 10.6 Å². The molecule has 0 atom stereocenters. The number of anilines is 2. The highest BCUT2D eigenvalue weighted by Gasteiger charge is 2.23. The molecule has 0 saturated carbocycles. The van der Waals surface area contributed by atoms with Crippen LogP contribution in [0.4, 0.5) is 11.4 Å². The van der Waals surface area contributed by atoms with Gasteiger partial charge in [-0.15, -0.1) is 0 Å². The van der Waals surface area contributed by atoms with Crippen molar-refractivity contribution in [1.82, 2.24) is 0 Å². The zero-order valence-corrected chi connectivity index (χ0v) is 9.97. The molecule has 1 aliphatic heterocycles. The topological polar surface area (TPSA) is 46.3 Å². The number of nitrogens with zero attached hydrogens (tertiary/aromatic N) is 1. The van der Waals surface area contributed by atoms with Crippen LogP contribution in [0.15, 0.2) is 48.5 Å². The van der Waals surface area contributed by atoms with E-state index >= 15 is 0 Å². The number of nitrogens with two attached hydrogens (primary N) is 1. The van der Waals surface area contributed by atoms with Crippen molar-refractivity contribution in [3.63, 3.8) is 0 Å². The number of carbonyl (C=O) groups excluding carboxylic acids is 1. The summed E-state index contributed by atoms with van der Waals surface area (Å²) in [5.41, 5.74) is 9.57. The second-order valence-corrected chi connectivity index (χ2v) is 4.36. The fraction of sp³-hybridized carbons (Fsp3) is 0.133. The smallest absolute Gasteiger partial charge is 0.169 e. The first-order valence-electron chi connectivity index (χ1n) is 5.99. The van der Waals surface area contributed by atoms with Crippen LogP contribution in [0, 0.1) is 0 Å². The van der Waals surface area contributed by atoms with Crippen LogP contribution in [0.2, 0.25) is 0 Å². The van der Waals surface area contributed by atoms with E-state index in [1.807, 2.05) is 53.4 Å². The molecule has 2 aromatic rings. The number of benzene rings is 2. The fourth-order valence-corrected chi connectivity index (χ4v) is 2.46. The van der Waals surface area contributed by atoms with E-state index in [0.717, 1.165) is 22.5 Å². The summed E-state index contributed by atoms with van der Waals surface area (Å²) < 4.78 is 0. The van der Waals surface area contributed by atoms with Gasteiger partial charge in [0.25, 0.3) is 0 Å². The maximum absolute atomic E-state index is 12.3. The highest BCUT2D eigenvalue weighted by atomic mass is 16.1. The fourth-order valence-electron chi connectivity index (χ4n) is 2.46. The molecule has 3 nitrogen and oxygen atoms in total. The van der Waals surface area contributed by atoms with Crippen molar-refractivity contribution in [2.45, 2.75) is 6.42 Å². The molecule has 0 aliphatic carbocycles. The molecule has 2 aromatic carbocycles. The van der Waals surface area contributed by atoms with Crippen molar-refractivity contribution in [3.8, 4) is 0 Å². The Bertz CT molecular complexity index is 607. The third kappa shape index (κ3) is 1.60. The number of carbonyl (C=O) groups is 1. The number of ketones is 1. The first kappa shape index (κ1) is 11.0. The Morgan fingerprint density at radius 1 is 1.00 bits per heavy atom. The summed E-state index contributed by atoms with van der Waals surface area (Å²) in [5, 5.41) is 0. The van der Waals surface area contributed by atoms with E-state index in [1.54, 1.807) is 0 Å². The molecule has 3 rings (SSSR count). The van der Waals surface area contributed by atoms with Gasteiger partial charge in [0, 0.05) is 17.7 Å². The van der Waals surface area contributed by atoms with Gasteiger partial charge in [0.15, 0.2) is 5.78 Å². The molecule has 0 radical (unpaired) electrons. The Morgan fingerprint density at radius 2 is 1.67 bits per heavy atom. The molecular weight excluding hydrogens is 224 g/mol. The van der Waals surface area contributed by atoms with E-state index in [9.17, 15) is 4.79 Å². The number of hydrogen-bond donors (Lipinski definition) is 1. The van der Waals surface area contributed by atoms with E-state index < -0.39 is 0 Å². The predicted molar refractivity (Wildman–Crippen MR) is 72.1 cm³/mol. The largest absolute Gasteiger partial charge is 0.327 e. The van der Waals surface area contributed by atoms with Crippen LogP contribution in [-0.4, -0.2) is 12.5 Å². The van der Waals surface area contributed by atoms with E-state index in [2.05, 4.69) is 0 Å². The molecule has 90 valence electrons. The first-order chi connectivity index (χ1) is 8.81. The lowest BCUT2D eigenvalue weighted by molar-refractivity contribution is 0.0994. The molecule has 0 amide bonds. The molecule has 0 fully saturated rings. The van der Waals surface area contributed by atoms with Gasteiger partial charge in [-0.25, -0.2) is 0 Å². The van der Waals surface area contributed by atoms with Crippen molar-refractivity contribution in [3.05, 3.63) is 59.7 Å². The van der Waals surface area contributed by atoms with Gasteiger partial charge in [-0.2, -0.15) is 0 Å². The maximum Gasteiger partial charge on any atom is 0.169 e. The van der Waals surface area contributed by atoms with Gasteiger partial charge in [0.2, 0.25) is 0 Å². The molecule has 2 N–H and O–H groups in total. The predicted octanol–water partition coefficient (Wildman–Crippen LogP) is 2.48. The van der Waals surface area contributed by atoms with Crippen molar-refractivity contribution in [1.29, 1.82) is 0 Å². The minimum atomic E-state index is 0.147. The summed E-state index contributed by atoms with van der Waals surface area (Å²) in [6.07, 6.45) is 0.434. The normalized spacial score (nSPS) is 13.8. The van der Waals surface area contributed by atoms with E-state index in [4.69, 9.17) is 5.73 Å². The number of hydrogen-bond acceptors (Lipinski definition) is 3. The quantitative estimate of drug-likeness (QED) is 0.830. The van der Waals surface area contributed by atoms with E-state index in [1.165, 1.54) is 0 Å². The summed E-state index contributed by atoms with van der Waals surface area (Å²) >= 11 is 0. The van der Waals surface area contributed by atoms with Crippen LogP contribution in [0.3, 0.4) is 0 Å². The third-order valence-electron chi connectivity index (χ3n) is 3.31. The van der Waals surface area contributed by atoms with Crippen molar-refractivity contribution >= 4 is 17.2 Å². The Morgan fingerprint density at radius 3 is 2.44 bits per heavy atom. The zero-order valence-electron chi connectivity index (χ0n) is 9.97. The van der Waals surface area contributed by atoms with Crippen LogP contribution in [0.25, 0.3) is 0 Å². The lowest BCUT2D eigenvalue weighted by Crippen LogP contribution is -2.25. The Kier molecular flexibility index (Phi) is 2.61. The van der Waals surface area contributed by atoms with Gasteiger partial charge in [-0.05, 0) is 23.8 Å². The number of para-hydroxylation sites is 2. The highest BCUT2D eigenvalue weighted by Crippen LogP contribution is 2.34. The second-order valence-electron chi connectivity index (χ2n) is 4.36. The molecule has 18 heavy (non-hydrogen) atoms. The van der Waals surface area contributed by atoms with Gasteiger partial charge in [0.1, 0.15) is 0 Å². The Hall–Kier alpha value is -2.13. The minimum Gasteiger partial charge on any atom is -0.327 e. The van der Waals surface area contributed by atoms with E-state index in [0.29, 0.717) is 13.1 Å². The van der Waals surface area contributed by atoms with Crippen LogP contribution < -0.4 is 10.6 Å². The number of Topliss-reactive ketones (excluding diaryl/α,β-unsaturated/α-hetero) is 1. The zero-order chi connectivity index (χ0) is 12.5. The number of rotatable bonds is 1. The summed E-state index contributed by atoms with van der Waals surface area (Å²) in [5.74, 6) is 0.147. The number of fused-ring (bicyclic) bond motifs is 2. The molecule has 0 unspecified atom stereocenters. The van der Waals surface area contributed by atoms with Crippen molar-refractivity contribution in [2.24, 2.45) is 5.73 Å². The summed E-state index contributed by atoms with van der Waals surface area (Å²) in [6, 6.07) is 15.6. The summed E-state index contributed by atoms with van der Waals surface area (Å²) in [6.45, 7) is 0.362. The van der Waals surface area contributed by atoms with Crippen molar-refractivity contribution < 1.29 is 4.79 Å². The molecule has 1 aliphatic rings. The van der Waals surface area contributed by atoms with Crippen molar-refractivity contribution in [2.75, 3.05) is 11.6 Å². The summed E-state index contributed by atoms with van der Waals surface area (Å²) in [4.78, 5) is 14.3. The molecule has 0 aromatic heterocycles. The minimum absolute atomic E-state index is 0.147. The van der Waals surface area contributed by atoms with Gasteiger partial charge in [-0.3, -0.25) is 4.79 Å². The van der Waals surface area contributed by atoms with Crippen LogP contribution in [-0.2, 0) is 6.42 Å². The van der Waals surface area contributed by atoms with E-state index in [-0.39, 0.29) is 5.78 Å².